The number of carbonyl (C=O) groups excluding carboxylic acids is 1. The highest BCUT2D eigenvalue weighted by atomic mass is 19.4. The lowest BCUT2D eigenvalue weighted by Crippen LogP contribution is -2.24. The Morgan fingerprint density at radius 2 is 2.06 bits per heavy atom. The molecular weight excluding hydrogens is 262 g/mol. The first-order chi connectivity index (χ1) is 8.28. The first kappa shape index (κ1) is 14.0. The number of methoxy groups -OCH3 is 1. The van der Waals surface area contributed by atoms with E-state index in [0.29, 0.717) is 6.07 Å². The minimum absolute atomic E-state index is 0.479. The van der Waals surface area contributed by atoms with Crippen molar-refractivity contribution in [3.63, 3.8) is 0 Å². The van der Waals surface area contributed by atoms with Gasteiger partial charge >= 0.3 is 12.3 Å². The van der Waals surface area contributed by atoms with Gasteiger partial charge in [-0.25, -0.2) is 9.18 Å². The lowest BCUT2D eigenvalue weighted by molar-refractivity contribution is -0.275. The molecular formula is C9H7F4NO4. The second-order valence-corrected chi connectivity index (χ2v) is 3.03. The van der Waals surface area contributed by atoms with Crippen molar-refractivity contribution in [2.45, 2.75) is 13.0 Å². The van der Waals surface area contributed by atoms with Gasteiger partial charge in [0.1, 0.15) is 6.67 Å². The lowest BCUT2D eigenvalue weighted by Gasteiger charge is -2.10. The molecule has 1 aromatic heterocycles. The van der Waals surface area contributed by atoms with E-state index >= 15 is 0 Å². The van der Waals surface area contributed by atoms with Crippen LogP contribution in [-0.2, 0) is 11.4 Å². The number of ether oxygens (including phenoxy) is 2. The summed E-state index contributed by atoms with van der Waals surface area (Å²) in [6.45, 7) is -1.24. The Balaban J connectivity index is 3.30. The van der Waals surface area contributed by atoms with E-state index < -0.39 is 41.6 Å². The molecule has 1 rings (SSSR count). The SMILES string of the molecule is COC(=O)c1cc(OC(F)(F)F)c(=O)[nH]c1CF. The van der Waals surface area contributed by atoms with E-state index in [1.807, 2.05) is 0 Å². The standard InChI is InChI=1S/C9H7F4NO4/c1-17-8(16)4-2-6(18-9(11,12)13)7(15)14-5(4)3-10/h2H,3H2,1H3,(H,14,15). The zero-order valence-electron chi connectivity index (χ0n) is 8.93. The third-order valence-electron chi connectivity index (χ3n) is 1.85. The highest BCUT2D eigenvalue weighted by Gasteiger charge is 2.33. The third-order valence-corrected chi connectivity index (χ3v) is 1.85. The normalized spacial score (nSPS) is 11.2. The maximum Gasteiger partial charge on any atom is 0.573 e. The predicted molar refractivity (Wildman–Crippen MR) is 49.9 cm³/mol. The number of pyridine rings is 1. The number of H-pyrrole nitrogens is 1. The Hall–Kier alpha value is -2.06. The van der Waals surface area contributed by atoms with E-state index in [-0.39, 0.29) is 0 Å². The van der Waals surface area contributed by atoms with Gasteiger partial charge in [0.25, 0.3) is 5.56 Å². The van der Waals surface area contributed by atoms with E-state index in [1.54, 1.807) is 4.98 Å². The van der Waals surface area contributed by atoms with Gasteiger partial charge in [-0.15, -0.1) is 13.2 Å². The summed E-state index contributed by atoms with van der Waals surface area (Å²) >= 11 is 0. The quantitative estimate of drug-likeness (QED) is 0.667. The summed E-state index contributed by atoms with van der Waals surface area (Å²) in [5.41, 5.74) is -2.33. The number of halogens is 4. The minimum Gasteiger partial charge on any atom is -0.465 e. The molecule has 100 valence electrons. The van der Waals surface area contributed by atoms with E-state index in [0.717, 1.165) is 7.11 Å². The van der Waals surface area contributed by atoms with Crippen LogP contribution in [0.25, 0.3) is 0 Å². The smallest absolute Gasteiger partial charge is 0.465 e. The third kappa shape index (κ3) is 3.22. The number of carbonyl (C=O) groups is 1. The zero-order valence-corrected chi connectivity index (χ0v) is 8.93. The number of nitrogens with one attached hydrogen (secondary N) is 1. The maximum absolute atomic E-state index is 12.5. The molecule has 0 bridgehead atoms. The number of rotatable bonds is 3. The molecule has 0 atom stereocenters. The summed E-state index contributed by atoms with van der Waals surface area (Å²) in [5, 5.41) is 0. The number of esters is 1. The van der Waals surface area contributed by atoms with Crippen LogP contribution in [0.1, 0.15) is 16.1 Å². The van der Waals surface area contributed by atoms with Crippen molar-refractivity contribution in [3.8, 4) is 5.75 Å². The van der Waals surface area contributed by atoms with Crippen LogP contribution in [-0.4, -0.2) is 24.4 Å². The monoisotopic (exact) mass is 269 g/mol. The molecule has 1 N–H and O–H groups in total. The fourth-order valence-corrected chi connectivity index (χ4v) is 1.15. The van der Waals surface area contributed by atoms with Gasteiger partial charge in [0.2, 0.25) is 0 Å². The first-order valence-electron chi connectivity index (χ1n) is 4.44. The van der Waals surface area contributed by atoms with Gasteiger partial charge in [0, 0.05) is 6.07 Å². The topological polar surface area (TPSA) is 68.4 Å². The molecule has 0 fully saturated rings. The fourth-order valence-electron chi connectivity index (χ4n) is 1.15. The molecule has 0 aliphatic carbocycles. The molecule has 0 aliphatic heterocycles. The van der Waals surface area contributed by atoms with Crippen LogP contribution >= 0.6 is 0 Å². The van der Waals surface area contributed by atoms with Crippen molar-refractivity contribution < 1.29 is 31.8 Å². The molecule has 0 saturated carbocycles. The highest BCUT2D eigenvalue weighted by molar-refractivity contribution is 5.90. The molecule has 0 spiro atoms. The van der Waals surface area contributed by atoms with E-state index in [1.165, 1.54) is 0 Å². The molecule has 0 aliphatic rings. The van der Waals surface area contributed by atoms with E-state index in [4.69, 9.17) is 0 Å². The van der Waals surface area contributed by atoms with Crippen LogP contribution in [0.15, 0.2) is 10.9 Å². The van der Waals surface area contributed by atoms with Crippen LogP contribution in [0.5, 0.6) is 5.75 Å². The summed E-state index contributed by atoms with van der Waals surface area (Å²) in [7, 11) is 0.958. The predicted octanol–water partition coefficient (Wildman–Crippen LogP) is 1.53. The van der Waals surface area contributed by atoms with Gasteiger partial charge in [0.05, 0.1) is 18.4 Å². The molecule has 5 nitrogen and oxygen atoms in total. The number of alkyl halides is 4. The fraction of sp³-hybridized carbons (Fsp3) is 0.333. The zero-order chi connectivity index (χ0) is 13.9. The van der Waals surface area contributed by atoms with Gasteiger partial charge < -0.3 is 14.5 Å². The van der Waals surface area contributed by atoms with Crippen LogP contribution in [0.2, 0.25) is 0 Å². The van der Waals surface area contributed by atoms with E-state index in [2.05, 4.69) is 9.47 Å². The average molecular weight is 269 g/mol. The summed E-state index contributed by atoms with van der Waals surface area (Å²) in [6, 6.07) is 0.479. The van der Waals surface area contributed by atoms with Crippen molar-refractivity contribution >= 4 is 5.97 Å². The van der Waals surface area contributed by atoms with Crippen LogP contribution in [0, 0.1) is 0 Å². The van der Waals surface area contributed by atoms with Crippen LogP contribution in [0.4, 0.5) is 17.6 Å². The number of aromatic nitrogens is 1. The largest absolute Gasteiger partial charge is 0.573 e. The van der Waals surface area contributed by atoms with E-state index in [9.17, 15) is 27.2 Å². The Kier molecular flexibility index (Phi) is 3.94. The van der Waals surface area contributed by atoms with Crippen molar-refractivity contribution in [2.24, 2.45) is 0 Å². The summed E-state index contributed by atoms with van der Waals surface area (Å²) in [5.74, 6) is -2.26. The highest BCUT2D eigenvalue weighted by Crippen LogP contribution is 2.21. The van der Waals surface area contributed by atoms with Crippen LogP contribution < -0.4 is 10.3 Å². The molecule has 1 heterocycles. The van der Waals surface area contributed by atoms with Gasteiger partial charge in [0.15, 0.2) is 5.75 Å². The molecule has 1 aromatic rings. The molecule has 9 heteroatoms. The van der Waals surface area contributed by atoms with Crippen molar-refractivity contribution in [1.29, 1.82) is 0 Å². The maximum atomic E-state index is 12.5. The van der Waals surface area contributed by atoms with Gasteiger partial charge in [-0.05, 0) is 0 Å². The molecule has 0 radical (unpaired) electrons. The van der Waals surface area contributed by atoms with Gasteiger partial charge in [-0.1, -0.05) is 0 Å². The summed E-state index contributed by atoms with van der Waals surface area (Å²) < 4.78 is 56.0. The molecule has 18 heavy (non-hydrogen) atoms. The molecule has 0 saturated heterocycles. The first-order valence-corrected chi connectivity index (χ1v) is 4.44. The minimum atomic E-state index is -5.10. The summed E-state index contributed by atoms with van der Waals surface area (Å²) in [6.07, 6.45) is -5.10. The second kappa shape index (κ2) is 5.07. The molecule has 0 amide bonds. The number of hydrogen-bond donors (Lipinski definition) is 1. The van der Waals surface area contributed by atoms with Crippen molar-refractivity contribution in [3.05, 3.63) is 27.7 Å². The Morgan fingerprint density at radius 3 is 2.50 bits per heavy atom. The van der Waals surface area contributed by atoms with Gasteiger partial charge in [-0.2, -0.15) is 0 Å². The average Bonchev–Trinajstić information content (AvgIpc) is 2.28. The van der Waals surface area contributed by atoms with Crippen molar-refractivity contribution in [2.75, 3.05) is 7.11 Å². The lowest BCUT2D eigenvalue weighted by atomic mass is 10.2. The van der Waals surface area contributed by atoms with Crippen molar-refractivity contribution in [1.82, 2.24) is 4.98 Å². The molecule has 0 aromatic carbocycles. The van der Waals surface area contributed by atoms with Gasteiger partial charge in [-0.3, -0.25) is 4.79 Å². The van der Waals surface area contributed by atoms with Crippen LogP contribution in [0.3, 0.4) is 0 Å². The summed E-state index contributed by atoms with van der Waals surface area (Å²) in [4.78, 5) is 24.1. The Morgan fingerprint density at radius 1 is 1.44 bits per heavy atom. The number of aromatic amines is 1. The molecule has 0 unspecified atom stereocenters. The Bertz CT molecular complexity index is 508. The second-order valence-electron chi connectivity index (χ2n) is 3.03. The Labute approximate surface area is 97.3 Å². The number of hydrogen-bond acceptors (Lipinski definition) is 4.